The average molecular weight is 236 g/mol. The zero-order valence-electron chi connectivity index (χ0n) is 10.4. The van der Waals surface area contributed by atoms with E-state index in [4.69, 9.17) is 0 Å². The second kappa shape index (κ2) is 5.38. The minimum absolute atomic E-state index is 0.168. The number of nitrogens with one attached hydrogen (secondary N) is 1. The van der Waals surface area contributed by atoms with Gasteiger partial charge in [0.25, 0.3) is 5.91 Å². The van der Waals surface area contributed by atoms with Crippen LogP contribution in [0.25, 0.3) is 0 Å². The second-order valence-electron chi connectivity index (χ2n) is 3.97. The summed E-state index contributed by atoms with van der Waals surface area (Å²) < 4.78 is 0. The van der Waals surface area contributed by atoms with Crippen molar-refractivity contribution in [3.63, 3.8) is 0 Å². The first kappa shape index (κ1) is 13.1. The van der Waals surface area contributed by atoms with E-state index >= 15 is 0 Å². The summed E-state index contributed by atoms with van der Waals surface area (Å²) in [4.78, 5) is 32.6. The smallest absolute Gasteiger partial charge is 0.272 e. The zero-order valence-corrected chi connectivity index (χ0v) is 10.4. The summed E-state index contributed by atoms with van der Waals surface area (Å²) >= 11 is 0. The third-order valence-corrected chi connectivity index (χ3v) is 2.17. The van der Waals surface area contributed by atoms with Crippen molar-refractivity contribution in [2.24, 2.45) is 0 Å². The van der Waals surface area contributed by atoms with Gasteiger partial charge < -0.3 is 10.2 Å². The summed E-state index contributed by atoms with van der Waals surface area (Å²) in [5.41, 5.74) is 0.938. The molecule has 1 atom stereocenters. The van der Waals surface area contributed by atoms with Crippen LogP contribution in [-0.4, -0.2) is 46.8 Å². The van der Waals surface area contributed by atoms with Gasteiger partial charge in [0.05, 0.1) is 11.9 Å². The van der Waals surface area contributed by atoms with Gasteiger partial charge in [0, 0.05) is 20.3 Å². The quantitative estimate of drug-likeness (QED) is 0.801. The van der Waals surface area contributed by atoms with Crippen molar-refractivity contribution in [1.82, 2.24) is 20.2 Å². The van der Waals surface area contributed by atoms with Gasteiger partial charge in [0.15, 0.2) is 0 Å². The second-order valence-corrected chi connectivity index (χ2v) is 3.97. The molecule has 0 bridgehead atoms. The van der Waals surface area contributed by atoms with E-state index in [0.717, 1.165) is 5.69 Å². The molecule has 1 aromatic heterocycles. The fraction of sp³-hybridized carbons (Fsp3) is 0.455. The lowest BCUT2D eigenvalue weighted by atomic mass is 10.3. The number of hydrogen-bond donors (Lipinski definition) is 1. The van der Waals surface area contributed by atoms with Crippen LogP contribution in [0.4, 0.5) is 0 Å². The molecule has 2 amide bonds. The Morgan fingerprint density at radius 2 is 1.94 bits per heavy atom. The van der Waals surface area contributed by atoms with Crippen molar-refractivity contribution in [3.8, 4) is 0 Å². The molecule has 0 radical (unpaired) electrons. The molecule has 0 aromatic carbocycles. The highest BCUT2D eigenvalue weighted by Gasteiger charge is 2.18. The van der Waals surface area contributed by atoms with Gasteiger partial charge in [-0.25, -0.2) is 4.98 Å². The van der Waals surface area contributed by atoms with Gasteiger partial charge in [-0.05, 0) is 13.8 Å². The van der Waals surface area contributed by atoms with Crippen molar-refractivity contribution in [2.45, 2.75) is 19.9 Å². The van der Waals surface area contributed by atoms with Gasteiger partial charge in [0.2, 0.25) is 5.91 Å². The molecule has 0 aliphatic rings. The summed E-state index contributed by atoms with van der Waals surface area (Å²) in [6.07, 6.45) is 2.89. The van der Waals surface area contributed by atoms with Crippen LogP contribution in [0, 0.1) is 6.92 Å². The summed E-state index contributed by atoms with van der Waals surface area (Å²) in [6, 6.07) is -0.583. The van der Waals surface area contributed by atoms with Crippen LogP contribution in [0.5, 0.6) is 0 Å². The number of likely N-dealkylation sites (N-methyl/N-ethyl adjacent to an activating group) is 1. The Morgan fingerprint density at radius 3 is 2.41 bits per heavy atom. The fourth-order valence-corrected chi connectivity index (χ4v) is 1.23. The molecule has 6 nitrogen and oxygen atoms in total. The van der Waals surface area contributed by atoms with E-state index in [1.165, 1.54) is 17.3 Å². The molecule has 0 fully saturated rings. The van der Waals surface area contributed by atoms with Crippen molar-refractivity contribution >= 4 is 11.8 Å². The van der Waals surface area contributed by atoms with E-state index in [2.05, 4.69) is 15.3 Å². The number of carbonyl (C=O) groups excluding carboxylic acids is 2. The lowest BCUT2D eigenvalue weighted by molar-refractivity contribution is -0.130. The summed E-state index contributed by atoms with van der Waals surface area (Å²) in [6.45, 7) is 3.41. The topological polar surface area (TPSA) is 75.2 Å². The molecule has 1 rings (SSSR count). The Labute approximate surface area is 100 Å². The van der Waals surface area contributed by atoms with Gasteiger partial charge in [-0.15, -0.1) is 0 Å². The first-order valence-corrected chi connectivity index (χ1v) is 5.22. The number of rotatable bonds is 3. The molecule has 0 saturated carbocycles. The van der Waals surface area contributed by atoms with E-state index < -0.39 is 11.9 Å². The monoisotopic (exact) mass is 236 g/mol. The standard InChI is InChI=1S/C11H16N4O2/c1-7-5-13-9(6-12-7)10(16)14-8(2)11(17)15(3)4/h5-6,8H,1-4H3,(H,14,16)/t8-/m1/s1. The van der Waals surface area contributed by atoms with Gasteiger partial charge in [0.1, 0.15) is 11.7 Å². The fourth-order valence-electron chi connectivity index (χ4n) is 1.23. The first-order chi connectivity index (χ1) is 7.91. The van der Waals surface area contributed by atoms with Crippen LogP contribution < -0.4 is 5.32 Å². The maximum atomic E-state index is 11.7. The van der Waals surface area contributed by atoms with Crippen molar-refractivity contribution in [1.29, 1.82) is 0 Å². The third-order valence-electron chi connectivity index (χ3n) is 2.17. The van der Waals surface area contributed by atoms with Crippen molar-refractivity contribution < 1.29 is 9.59 Å². The molecule has 17 heavy (non-hydrogen) atoms. The number of carbonyl (C=O) groups is 2. The van der Waals surface area contributed by atoms with E-state index in [1.54, 1.807) is 27.9 Å². The Bertz CT molecular complexity index is 414. The molecule has 1 N–H and O–H groups in total. The summed E-state index contributed by atoms with van der Waals surface area (Å²) in [7, 11) is 3.27. The van der Waals surface area contributed by atoms with Crippen LogP contribution in [0.1, 0.15) is 23.1 Å². The predicted molar refractivity (Wildman–Crippen MR) is 62.4 cm³/mol. The van der Waals surface area contributed by atoms with E-state index in [0.29, 0.717) is 0 Å². The molecule has 0 saturated heterocycles. The Kier molecular flexibility index (Phi) is 4.14. The predicted octanol–water partition coefficient (Wildman–Crippen LogP) is -0.00848. The van der Waals surface area contributed by atoms with Gasteiger partial charge >= 0.3 is 0 Å². The maximum absolute atomic E-state index is 11.7. The SMILES string of the molecule is Cc1cnc(C(=O)N[C@H](C)C(=O)N(C)C)cn1. The maximum Gasteiger partial charge on any atom is 0.272 e. The molecule has 0 aliphatic heterocycles. The number of amides is 2. The van der Waals surface area contributed by atoms with Crippen molar-refractivity contribution in [3.05, 3.63) is 23.8 Å². The number of hydrogen-bond acceptors (Lipinski definition) is 4. The molecular weight excluding hydrogens is 220 g/mol. The molecular formula is C11H16N4O2. The largest absolute Gasteiger partial charge is 0.347 e. The molecule has 0 spiro atoms. The minimum Gasteiger partial charge on any atom is -0.347 e. The normalized spacial score (nSPS) is 11.8. The Morgan fingerprint density at radius 1 is 1.29 bits per heavy atom. The average Bonchev–Trinajstić information content (AvgIpc) is 2.28. The number of aromatic nitrogens is 2. The van der Waals surface area contributed by atoms with E-state index in [9.17, 15) is 9.59 Å². The molecule has 6 heteroatoms. The first-order valence-electron chi connectivity index (χ1n) is 5.22. The van der Waals surface area contributed by atoms with Gasteiger partial charge in [-0.1, -0.05) is 0 Å². The van der Waals surface area contributed by atoms with Gasteiger partial charge in [-0.2, -0.15) is 0 Å². The lowest BCUT2D eigenvalue weighted by Crippen LogP contribution is -2.44. The highest BCUT2D eigenvalue weighted by atomic mass is 16.2. The van der Waals surface area contributed by atoms with Crippen LogP contribution in [0.15, 0.2) is 12.4 Å². The van der Waals surface area contributed by atoms with Crippen LogP contribution >= 0.6 is 0 Å². The summed E-state index contributed by atoms with van der Waals surface area (Å²) in [5.74, 6) is -0.571. The van der Waals surface area contributed by atoms with Crippen molar-refractivity contribution in [2.75, 3.05) is 14.1 Å². The molecule has 92 valence electrons. The van der Waals surface area contributed by atoms with Crippen LogP contribution in [0.3, 0.4) is 0 Å². The van der Waals surface area contributed by atoms with E-state index in [-0.39, 0.29) is 11.6 Å². The highest BCUT2D eigenvalue weighted by molar-refractivity contribution is 5.95. The zero-order chi connectivity index (χ0) is 13.0. The third kappa shape index (κ3) is 3.51. The van der Waals surface area contributed by atoms with Gasteiger partial charge in [-0.3, -0.25) is 14.6 Å². The minimum atomic E-state index is -0.583. The number of nitrogens with zero attached hydrogens (tertiary/aromatic N) is 3. The molecule has 0 aliphatic carbocycles. The highest BCUT2D eigenvalue weighted by Crippen LogP contribution is 1.96. The van der Waals surface area contributed by atoms with Crippen LogP contribution in [-0.2, 0) is 4.79 Å². The summed E-state index contributed by atoms with van der Waals surface area (Å²) in [5, 5.41) is 2.56. The molecule has 1 heterocycles. The number of aryl methyl sites for hydroxylation is 1. The lowest BCUT2D eigenvalue weighted by Gasteiger charge is -2.17. The molecule has 1 aromatic rings. The molecule has 0 unspecified atom stereocenters. The van der Waals surface area contributed by atoms with E-state index in [1.807, 2.05) is 0 Å². The Hall–Kier alpha value is -1.98. The Balaban J connectivity index is 2.66. The van der Waals surface area contributed by atoms with Crippen LogP contribution in [0.2, 0.25) is 0 Å².